The van der Waals surface area contributed by atoms with Gasteiger partial charge >= 0.3 is 13.8 Å². The molecule has 0 aliphatic carbocycles. The normalized spacial score (nSPS) is 13.7. The molecule has 0 aromatic heterocycles. The maximum absolute atomic E-state index is 12.6. The van der Waals surface area contributed by atoms with Crippen LogP contribution in [0.5, 0.6) is 0 Å². The van der Waals surface area contributed by atoms with E-state index in [0.717, 1.165) is 57.8 Å². The van der Waals surface area contributed by atoms with Crippen molar-refractivity contribution in [2.45, 2.75) is 238 Å². The third-order valence-corrected chi connectivity index (χ3v) is 11.7. The standard InChI is InChI=1S/C51H96NO7P/c1-3-5-7-9-11-13-15-17-19-21-22-23-24-25-26-27-29-31-33-35-37-39-41-43-46-56-48-50(49-58-60(54,55)57-47-45-52)59-51(53)44-42-40-38-36-34-32-30-28-20-18-16-14-12-10-8-6-4-2/h5,7,11,13,17,19,22-23,50H,3-4,6,8-10,12,14-16,18,20-21,24-49,52H2,1-2H3,(H,54,55)/b7-5-,13-11-,19-17-,23-22-. The van der Waals surface area contributed by atoms with Crippen molar-refractivity contribution >= 4 is 13.8 Å². The maximum atomic E-state index is 12.6. The summed E-state index contributed by atoms with van der Waals surface area (Å²) in [6, 6.07) is 0. The van der Waals surface area contributed by atoms with E-state index in [1.54, 1.807) is 0 Å². The van der Waals surface area contributed by atoms with Gasteiger partial charge in [0.15, 0.2) is 0 Å². The zero-order valence-corrected chi connectivity index (χ0v) is 40.1. The Hall–Kier alpha value is -1.54. The second-order valence-electron chi connectivity index (χ2n) is 16.7. The number of carbonyl (C=O) groups is 1. The van der Waals surface area contributed by atoms with Gasteiger partial charge in [0.2, 0.25) is 0 Å². The van der Waals surface area contributed by atoms with Crippen LogP contribution in [0.25, 0.3) is 0 Å². The first kappa shape index (κ1) is 58.5. The van der Waals surface area contributed by atoms with E-state index >= 15 is 0 Å². The minimum atomic E-state index is -4.28. The van der Waals surface area contributed by atoms with Gasteiger partial charge in [0.25, 0.3) is 0 Å². The molecule has 0 spiro atoms. The molecule has 0 amide bonds. The molecule has 0 fully saturated rings. The molecular weight excluding hydrogens is 770 g/mol. The van der Waals surface area contributed by atoms with Crippen LogP contribution in [-0.2, 0) is 27.9 Å². The number of esters is 1. The summed E-state index contributed by atoms with van der Waals surface area (Å²) in [5.41, 5.74) is 5.39. The minimum absolute atomic E-state index is 0.0954. The van der Waals surface area contributed by atoms with E-state index in [-0.39, 0.29) is 32.3 Å². The van der Waals surface area contributed by atoms with Crippen LogP contribution >= 0.6 is 7.82 Å². The molecule has 9 heteroatoms. The number of carbonyl (C=O) groups excluding carboxylic acids is 1. The number of hydrogen-bond donors (Lipinski definition) is 2. The van der Waals surface area contributed by atoms with Gasteiger partial charge < -0.3 is 20.1 Å². The van der Waals surface area contributed by atoms with Gasteiger partial charge in [-0.2, -0.15) is 0 Å². The molecule has 0 radical (unpaired) electrons. The van der Waals surface area contributed by atoms with E-state index in [2.05, 4.69) is 62.5 Å². The van der Waals surface area contributed by atoms with Crippen molar-refractivity contribution in [2.24, 2.45) is 5.73 Å². The molecule has 8 nitrogen and oxygen atoms in total. The fraction of sp³-hybridized carbons (Fsp3) is 0.824. The Balaban J connectivity index is 3.92. The van der Waals surface area contributed by atoms with Gasteiger partial charge in [-0.15, -0.1) is 0 Å². The predicted octanol–water partition coefficient (Wildman–Crippen LogP) is 15.5. The molecule has 0 saturated heterocycles. The Kier molecular flexibility index (Phi) is 47.2. The number of ether oxygens (including phenoxy) is 2. The van der Waals surface area contributed by atoms with E-state index in [1.165, 1.54) is 154 Å². The Morgan fingerprint density at radius 1 is 0.517 bits per heavy atom. The quantitative estimate of drug-likeness (QED) is 0.0269. The Labute approximate surface area is 371 Å². The molecule has 3 N–H and O–H groups in total. The summed E-state index contributed by atoms with van der Waals surface area (Å²) in [5, 5.41) is 0. The fourth-order valence-corrected chi connectivity index (χ4v) is 7.87. The van der Waals surface area contributed by atoms with E-state index < -0.39 is 13.9 Å². The summed E-state index contributed by atoms with van der Waals surface area (Å²) in [4.78, 5) is 22.6. The molecule has 2 unspecified atom stereocenters. The predicted molar refractivity (Wildman–Crippen MR) is 256 cm³/mol. The Morgan fingerprint density at radius 3 is 1.40 bits per heavy atom. The lowest BCUT2D eigenvalue weighted by Crippen LogP contribution is -2.28. The summed E-state index contributed by atoms with van der Waals surface area (Å²) in [5.74, 6) is -0.328. The van der Waals surface area contributed by atoms with Crippen molar-refractivity contribution in [3.05, 3.63) is 48.6 Å². The van der Waals surface area contributed by atoms with Gasteiger partial charge in [0, 0.05) is 19.6 Å². The maximum Gasteiger partial charge on any atom is 0.472 e. The fourth-order valence-electron chi connectivity index (χ4n) is 7.11. The summed E-state index contributed by atoms with van der Waals surface area (Å²) in [7, 11) is -4.28. The van der Waals surface area contributed by atoms with E-state index in [1.807, 2.05) is 0 Å². The summed E-state index contributed by atoms with van der Waals surface area (Å²) in [6.07, 6.45) is 58.5. The first-order valence-electron chi connectivity index (χ1n) is 25.1. The first-order valence-corrected chi connectivity index (χ1v) is 26.6. The van der Waals surface area contributed by atoms with Crippen molar-refractivity contribution in [3.8, 4) is 0 Å². The molecule has 60 heavy (non-hydrogen) atoms. The monoisotopic (exact) mass is 866 g/mol. The molecule has 0 rings (SSSR count). The molecule has 0 bridgehead atoms. The zero-order chi connectivity index (χ0) is 43.7. The van der Waals surface area contributed by atoms with Gasteiger partial charge in [0.05, 0.1) is 19.8 Å². The van der Waals surface area contributed by atoms with Crippen LogP contribution in [0.2, 0.25) is 0 Å². The van der Waals surface area contributed by atoms with E-state index in [4.69, 9.17) is 24.3 Å². The molecule has 0 aromatic carbocycles. The average molecular weight is 866 g/mol. The number of unbranched alkanes of at least 4 members (excludes halogenated alkanes) is 27. The van der Waals surface area contributed by atoms with Crippen LogP contribution in [0, 0.1) is 0 Å². The van der Waals surface area contributed by atoms with Crippen LogP contribution in [0.15, 0.2) is 48.6 Å². The van der Waals surface area contributed by atoms with Crippen LogP contribution in [0.4, 0.5) is 0 Å². The summed E-state index contributed by atoms with van der Waals surface area (Å²) < 4.78 is 33.6. The van der Waals surface area contributed by atoms with Crippen LogP contribution < -0.4 is 5.73 Å². The molecule has 0 heterocycles. The van der Waals surface area contributed by atoms with Crippen molar-refractivity contribution < 1.29 is 32.8 Å². The van der Waals surface area contributed by atoms with Gasteiger partial charge in [-0.1, -0.05) is 223 Å². The third-order valence-electron chi connectivity index (χ3n) is 10.8. The number of phosphoric ester groups is 1. The van der Waals surface area contributed by atoms with E-state index in [9.17, 15) is 14.3 Å². The second kappa shape index (κ2) is 48.5. The molecule has 0 aliphatic heterocycles. The number of nitrogens with two attached hydrogens (primary N) is 1. The highest BCUT2D eigenvalue weighted by atomic mass is 31.2. The topological polar surface area (TPSA) is 117 Å². The van der Waals surface area contributed by atoms with Gasteiger partial charge in [0.1, 0.15) is 6.10 Å². The summed E-state index contributed by atoms with van der Waals surface area (Å²) in [6.45, 7) is 4.84. The van der Waals surface area contributed by atoms with Crippen LogP contribution in [0.3, 0.4) is 0 Å². The van der Waals surface area contributed by atoms with Crippen molar-refractivity contribution in [2.75, 3.05) is 33.0 Å². The smallest absolute Gasteiger partial charge is 0.457 e. The van der Waals surface area contributed by atoms with Crippen molar-refractivity contribution in [1.29, 1.82) is 0 Å². The number of allylic oxidation sites excluding steroid dienone is 8. The lowest BCUT2D eigenvalue weighted by atomic mass is 10.0. The highest BCUT2D eigenvalue weighted by molar-refractivity contribution is 7.47. The number of rotatable bonds is 48. The van der Waals surface area contributed by atoms with Gasteiger partial charge in [-0.05, 0) is 51.4 Å². The molecule has 0 aliphatic rings. The largest absolute Gasteiger partial charge is 0.472 e. The van der Waals surface area contributed by atoms with Crippen molar-refractivity contribution in [1.82, 2.24) is 0 Å². The molecule has 352 valence electrons. The number of phosphoric acid groups is 1. The molecular formula is C51H96NO7P. The highest BCUT2D eigenvalue weighted by Crippen LogP contribution is 2.43. The van der Waals surface area contributed by atoms with E-state index in [0.29, 0.717) is 13.0 Å². The first-order chi connectivity index (χ1) is 29.4. The molecule has 2 atom stereocenters. The lowest BCUT2D eigenvalue weighted by Gasteiger charge is -2.20. The zero-order valence-electron chi connectivity index (χ0n) is 39.2. The van der Waals surface area contributed by atoms with Gasteiger partial charge in [-0.3, -0.25) is 13.8 Å². The Morgan fingerprint density at radius 2 is 0.933 bits per heavy atom. The highest BCUT2D eigenvalue weighted by Gasteiger charge is 2.25. The van der Waals surface area contributed by atoms with Crippen LogP contribution in [0.1, 0.15) is 232 Å². The number of hydrogen-bond acceptors (Lipinski definition) is 7. The van der Waals surface area contributed by atoms with Crippen molar-refractivity contribution in [3.63, 3.8) is 0 Å². The van der Waals surface area contributed by atoms with Crippen LogP contribution in [-0.4, -0.2) is 49.9 Å². The summed E-state index contributed by atoms with van der Waals surface area (Å²) >= 11 is 0. The minimum Gasteiger partial charge on any atom is -0.457 e. The molecule has 0 aromatic rings. The average Bonchev–Trinajstić information content (AvgIpc) is 3.24. The SMILES string of the molecule is CC/C=C\C/C=C\C/C=C\C/C=C\CCCCCCCCCCCCCOCC(COP(=O)(O)OCCN)OC(=O)CCCCCCCCCCCCCCCCCCC. The second-order valence-corrected chi connectivity index (χ2v) is 18.1. The molecule has 0 saturated carbocycles. The Bertz CT molecular complexity index is 1060. The van der Waals surface area contributed by atoms with Gasteiger partial charge in [-0.25, -0.2) is 4.57 Å². The lowest BCUT2D eigenvalue weighted by molar-refractivity contribution is -0.154. The third kappa shape index (κ3) is 47.5.